The van der Waals surface area contributed by atoms with Crippen LogP contribution in [0.5, 0.6) is 5.75 Å². The molecule has 0 amide bonds. The number of fused-ring (bicyclic) bond motifs is 1. The van der Waals surface area contributed by atoms with Crippen LogP contribution in [0, 0.1) is 10.1 Å². The summed E-state index contributed by atoms with van der Waals surface area (Å²) in [6.07, 6.45) is 2.56. The van der Waals surface area contributed by atoms with Crippen molar-refractivity contribution in [1.29, 1.82) is 0 Å². The molecule has 0 atom stereocenters. The second kappa shape index (κ2) is 7.24. The van der Waals surface area contributed by atoms with Gasteiger partial charge in [0.2, 0.25) is 0 Å². The molecule has 0 bridgehead atoms. The number of rotatable bonds is 5. The van der Waals surface area contributed by atoms with Gasteiger partial charge < -0.3 is 9.72 Å². The molecule has 2 aromatic rings. The van der Waals surface area contributed by atoms with Crippen molar-refractivity contribution in [3.05, 3.63) is 55.5 Å². The Hall–Kier alpha value is -2.39. The molecule has 1 aromatic heterocycles. The molecule has 2 heterocycles. The number of hydrogen-bond acceptors (Lipinski definition) is 7. The highest BCUT2D eigenvalue weighted by molar-refractivity contribution is 7.98. The zero-order valence-electron chi connectivity index (χ0n) is 13.9. The molecule has 132 valence electrons. The Labute approximate surface area is 148 Å². The molecule has 0 saturated carbocycles. The van der Waals surface area contributed by atoms with Gasteiger partial charge in [0, 0.05) is 32.1 Å². The molecule has 25 heavy (non-hydrogen) atoms. The highest BCUT2D eigenvalue weighted by Crippen LogP contribution is 2.28. The number of nitro groups is 1. The van der Waals surface area contributed by atoms with E-state index < -0.39 is 4.92 Å². The molecule has 0 spiro atoms. The van der Waals surface area contributed by atoms with Gasteiger partial charge in [-0.3, -0.25) is 19.8 Å². The average molecular weight is 362 g/mol. The van der Waals surface area contributed by atoms with Gasteiger partial charge >= 0.3 is 5.69 Å². The first-order valence-electron chi connectivity index (χ1n) is 7.71. The van der Waals surface area contributed by atoms with Crippen molar-refractivity contribution in [3.8, 4) is 5.75 Å². The standard InChI is InChI=1S/C16H18N4O4S/c1-24-14-4-3-10(7-13(14)20(22)23)8-19-6-5-12-11(9-19)15(21)18-16(17-12)25-2/h3-4,7H,5-6,8-9H2,1-2H3,(H,17,18,21). The van der Waals surface area contributed by atoms with Gasteiger partial charge in [-0.1, -0.05) is 17.8 Å². The summed E-state index contributed by atoms with van der Waals surface area (Å²) in [5.41, 5.74) is 2.15. The van der Waals surface area contributed by atoms with Crippen LogP contribution < -0.4 is 10.3 Å². The summed E-state index contributed by atoms with van der Waals surface area (Å²) in [6.45, 7) is 1.75. The quantitative estimate of drug-likeness (QED) is 0.375. The topological polar surface area (TPSA) is 101 Å². The third kappa shape index (κ3) is 3.67. The maximum Gasteiger partial charge on any atom is 0.311 e. The first-order chi connectivity index (χ1) is 12.0. The van der Waals surface area contributed by atoms with Gasteiger partial charge in [-0.2, -0.15) is 0 Å². The number of thioether (sulfide) groups is 1. The zero-order chi connectivity index (χ0) is 18.0. The monoisotopic (exact) mass is 362 g/mol. The first-order valence-corrected chi connectivity index (χ1v) is 8.94. The lowest BCUT2D eigenvalue weighted by atomic mass is 10.1. The van der Waals surface area contributed by atoms with E-state index >= 15 is 0 Å². The Balaban J connectivity index is 1.81. The largest absolute Gasteiger partial charge is 0.490 e. The molecule has 1 aliphatic heterocycles. The van der Waals surface area contributed by atoms with E-state index in [-0.39, 0.29) is 17.0 Å². The minimum Gasteiger partial charge on any atom is -0.490 e. The van der Waals surface area contributed by atoms with E-state index in [2.05, 4.69) is 14.9 Å². The van der Waals surface area contributed by atoms with E-state index in [1.54, 1.807) is 12.1 Å². The Kier molecular flexibility index (Phi) is 5.05. The average Bonchev–Trinajstić information content (AvgIpc) is 2.61. The van der Waals surface area contributed by atoms with Crippen LogP contribution in [0.15, 0.2) is 28.2 Å². The minimum absolute atomic E-state index is 0.0541. The summed E-state index contributed by atoms with van der Waals surface area (Å²) in [7, 11) is 1.41. The number of H-pyrrole nitrogens is 1. The molecule has 0 aliphatic carbocycles. The number of aromatic amines is 1. The van der Waals surface area contributed by atoms with Crippen molar-refractivity contribution in [1.82, 2.24) is 14.9 Å². The fraction of sp³-hybridized carbons (Fsp3) is 0.375. The normalized spacial score (nSPS) is 14.2. The van der Waals surface area contributed by atoms with E-state index in [1.165, 1.54) is 24.9 Å². The number of methoxy groups -OCH3 is 1. The predicted molar refractivity (Wildman–Crippen MR) is 94.1 cm³/mol. The molecule has 8 nitrogen and oxygen atoms in total. The van der Waals surface area contributed by atoms with Crippen molar-refractivity contribution in [2.45, 2.75) is 24.7 Å². The lowest BCUT2D eigenvalue weighted by Gasteiger charge is -2.27. The van der Waals surface area contributed by atoms with Crippen molar-refractivity contribution < 1.29 is 9.66 Å². The molecular formula is C16H18N4O4S. The molecular weight excluding hydrogens is 344 g/mol. The number of aromatic nitrogens is 2. The summed E-state index contributed by atoms with van der Waals surface area (Å²) in [6, 6.07) is 4.93. The number of hydrogen-bond donors (Lipinski definition) is 1. The van der Waals surface area contributed by atoms with Crippen molar-refractivity contribution in [3.63, 3.8) is 0 Å². The fourth-order valence-electron chi connectivity index (χ4n) is 2.92. The smallest absolute Gasteiger partial charge is 0.311 e. The van der Waals surface area contributed by atoms with Gasteiger partial charge in [0.1, 0.15) is 0 Å². The lowest BCUT2D eigenvalue weighted by molar-refractivity contribution is -0.385. The minimum atomic E-state index is -0.452. The number of ether oxygens (including phenoxy) is 1. The highest BCUT2D eigenvalue weighted by atomic mass is 32.2. The SMILES string of the molecule is COc1ccc(CN2CCc3nc(SC)[nH]c(=O)c3C2)cc1[N+](=O)[O-]. The van der Waals surface area contributed by atoms with Crippen LogP contribution in [0.2, 0.25) is 0 Å². The molecule has 0 radical (unpaired) electrons. The molecule has 1 N–H and O–H groups in total. The number of nitrogens with one attached hydrogen (secondary N) is 1. The van der Waals surface area contributed by atoms with Crippen LogP contribution in [-0.2, 0) is 19.5 Å². The summed E-state index contributed by atoms with van der Waals surface area (Å²) < 4.78 is 5.02. The zero-order valence-corrected chi connectivity index (χ0v) is 14.8. The lowest BCUT2D eigenvalue weighted by Crippen LogP contribution is -2.35. The van der Waals surface area contributed by atoms with E-state index in [4.69, 9.17) is 4.74 Å². The van der Waals surface area contributed by atoms with Crippen LogP contribution in [-0.4, -0.2) is 39.7 Å². The van der Waals surface area contributed by atoms with E-state index in [0.717, 1.165) is 17.8 Å². The molecule has 1 aliphatic rings. The third-order valence-electron chi connectivity index (χ3n) is 4.17. The molecule has 1 aromatic carbocycles. The molecule has 3 rings (SSSR count). The second-order valence-electron chi connectivity index (χ2n) is 5.72. The summed E-state index contributed by atoms with van der Waals surface area (Å²) in [5.74, 6) is 0.239. The summed E-state index contributed by atoms with van der Waals surface area (Å²) in [4.78, 5) is 32.3. The summed E-state index contributed by atoms with van der Waals surface area (Å²) in [5, 5.41) is 11.8. The first kappa shape index (κ1) is 17.4. The van der Waals surface area contributed by atoms with E-state index in [0.29, 0.717) is 30.2 Å². The molecule has 9 heteroatoms. The van der Waals surface area contributed by atoms with Crippen LogP contribution in [0.3, 0.4) is 0 Å². The Morgan fingerprint density at radius 1 is 1.48 bits per heavy atom. The number of benzene rings is 1. The molecule has 0 unspecified atom stereocenters. The van der Waals surface area contributed by atoms with Gasteiger partial charge in [-0.05, 0) is 17.9 Å². The third-order valence-corrected chi connectivity index (χ3v) is 4.75. The van der Waals surface area contributed by atoms with Crippen molar-refractivity contribution in [2.24, 2.45) is 0 Å². The van der Waals surface area contributed by atoms with Gasteiger partial charge in [-0.25, -0.2) is 4.98 Å². The van der Waals surface area contributed by atoms with Crippen LogP contribution in [0.25, 0.3) is 0 Å². The number of nitro benzene ring substituents is 1. The molecule has 0 saturated heterocycles. The van der Waals surface area contributed by atoms with Crippen molar-refractivity contribution in [2.75, 3.05) is 19.9 Å². The van der Waals surface area contributed by atoms with E-state index in [1.807, 2.05) is 6.26 Å². The van der Waals surface area contributed by atoms with Crippen LogP contribution in [0.1, 0.15) is 16.8 Å². The van der Waals surface area contributed by atoms with E-state index in [9.17, 15) is 14.9 Å². The van der Waals surface area contributed by atoms with Gasteiger partial charge in [-0.15, -0.1) is 0 Å². The Morgan fingerprint density at radius 3 is 2.96 bits per heavy atom. The predicted octanol–water partition coefficient (Wildman–Crippen LogP) is 1.97. The van der Waals surface area contributed by atoms with Crippen LogP contribution >= 0.6 is 11.8 Å². The van der Waals surface area contributed by atoms with Crippen molar-refractivity contribution >= 4 is 17.4 Å². The van der Waals surface area contributed by atoms with Gasteiger partial charge in [0.05, 0.1) is 23.3 Å². The maximum atomic E-state index is 12.2. The second-order valence-corrected chi connectivity index (χ2v) is 6.52. The van der Waals surface area contributed by atoms with Crippen LogP contribution in [0.4, 0.5) is 5.69 Å². The molecule has 0 fully saturated rings. The van der Waals surface area contributed by atoms with Gasteiger partial charge in [0.25, 0.3) is 5.56 Å². The number of nitrogens with zero attached hydrogens (tertiary/aromatic N) is 3. The highest BCUT2D eigenvalue weighted by Gasteiger charge is 2.22. The van der Waals surface area contributed by atoms with Gasteiger partial charge in [0.15, 0.2) is 10.9 Å². The Morgan fingerprint density at radius 2 is 2.28 bits per heavy atom. The Bertz CT molecular complexity index is 868. The fourth-order valence-corrected chi connectivity index (χ4v) is 3.32. The maximum absolute atomic E-state index is 12.2. The summed E-state index contributed by atoms with van der Waals surface area (Å²) >= 11 is 1.41.